The second-order valence-electron chi connectivity index (χ2n) is 8.73. The highest BCUT2D eigenvalue weighted by atomic mass is 19.4. The summed E-state index contributed by atoms with van der Waals surface area (Å²) in [5.41, 5.74) is -0.0491. The summed E-state index contributed by atoms with van der Waals surface area (Å²) in [4.78, 5) is 21.0. The molecule has 4 rings (SSSR count). The zero-order valence-electron chi connectivity index (χ0n) is 19.1. The number of carbonyl (C=O) groups is 1. The third-order valence-electron chi connectivity index (χ3n) is 6.31. The molecule has 6 nitrogen and oxygen atoms in total. The number of alkyl halides is 5. The Hall–Kier alpha value is -3.11. The number of hydrogen-bond acceptors (Lipinski definition) is 5. The van der Waals surface area contributed by atoms with Crippen molar-refractivity contribution in [3.05, 3.63) is 47.7 Å². The monoisotopic (exact) mass is 499 g/mol. The minimum absolute atomic E-state index is 0.0272. The van der Waals surface area contributed by atoms with Gasteiger partial charge in [-0.25, -0.2) is 4.98 Å². The van der Waals surface area contributed by atoms with Crippen LogP contribution in [0.3, 0.4) is 0 Å². The molecule has 35 heavy (non-hydrogen) atoms. The minimum atomic E-state index is -4.43. The molecule has 1 amide bonds. The molecule has 2 aliphatic rings. The molecule has 0 spiro atoms. The fourth-order valence-corrected chi connectivity index (χ4v) is 4.30. The van der Waals surface area contributed by atoms with E-state index in [1.54, 1.807) is 12.1 Å². The van der Waals surface area contributed by atoms with Crippen LogP contribution in [0.25, 0.3) is 0 Å². The molecule has 0 radical (unpaired) electrons. The number of halogens is 5. The Kier molecular flexibility index (Phi) is 7.32. The van der Waals surface area contributed by atoms with E-state index in [4.69, 9.17) is 4.74 Å². The molecule has 2 aromatic rings. The lowest BCUT2D eigenvalue weighted by Crippen LogP contribution is -2.43. The van der Waals surface area contributed by atoms with Crippen LogP contribution in [-0.2, 0) is 17.5 Å². The maximum atomic E-state index is 13.4. The van der Waals surface area contributed by atoms with Gasteiger partial charge in [0.1, 0.15) is 5.82 Å². The second-order valence-corrected chi connectivity index (χ2v) is 8.73. The van der Waals surface area contributed by atoms with Gasteiger partial charge >= 0.3 is 12.8 Å². The first-order valence-corrected chi connectivity index (χ1v) is 11.4. The number of nitrogens with zero attached hydrogens (tertiary/aromatic N) is 3. The van der Waals surface area contributed by atoms with Gasteiger partial charge in [-0.1, -0.05) is 6.07 Å². The zero-order valence-corrected chi connectivity index (χ0v) is 19.1. The van der Waals surface area contributed by atoms with Crippen LogP contribution in [0.15, 0.2) is 36.5 Å². The van der Waals surface area contributed by atoms with E-state index < -0.39 is 18.4 Å². The van der Waals surface area contributed by atoms with Gasteiger partial charge in [0, 0.05) is 37.8 Å². The number of piperidine rings is 1. The van der Waals surface area contributed by atoms with Crippen molar-refractivity contribution in [3.8, 4) is 11.5 Å². The quantitative estimate of drug-likeness (QED) is 0.472. The van der Waals surface area contributed by atoms with E-state index in [-0.39, 0.29) is 29.4 Å². The number of carbonyl (C=O) groups excluding carboxylic acids is 1. The summed E-state index contributed by atoms with van der Waals surface area (Å²) in [7, 11) is 1.36. The first-order chi connectivity index (χ1) is 16.7. The molecule has 1 aliphatic heterocycles. The number of ether oxygens (including phenoxy) is 2. The number of methoxy groups -OCH3 is 1. The Morgan fingerprint density at radius 3 is 2.37 bits per heavy atom. The summed E-state index contributed by atoms with van der Waals surface area (Å²) in [6.45, 7) is -1.61. The van der Waals surface area contributed by atoms with Crippen LogP contribution in [0.2, 0.25) is 0 Å². The molecular formula is C24H26F5N3O3. The van der Waals surface area contributed by atoms with Gasteiger partial charge < -0.3 is 19.3 Å². The fourth-order valence-electron chi connectivity index (χ4n) is 4.30. The SMILES string of the molecule is COc1cc(CN(C(=O)C2CCN(c3ccc(C(F)(F)F)cn3)CC2)C2CC2)ccc1OC(F)F. The Morgan fingerprint density at radius 1 is 1.11 bits per heavy atom. The van der Waals surface area contributed by atoms with E-state index >= 15 is 0 Å². The number of rotatable bonds is 8. The molecule has 0 N–H and O–H groups in total. The lowest BCUT2D eigenvalue weighted by molar-refractivity contribution is -0.138. The summed E-state index contributed by atoms with van der Waals surface area (Å²) in [6, 6.07) is 7.16. The molecule has 2 heterocycles. The van der Waals surface area contributed by atoms with Crippen LogP contribution < -0.4 is 14.4 Å². The second kappa shape index (κ2) is 10.2. The fraction of sp³-hybridized carbons (Fsp3) is 0.500. The summed E-state index contributed by atoms with van der Waals surface area (Å²) < 4.78 is 73.1. The third-order valence-corrected chi connectivity index (χ3v) is 6.31. The smallest absolute Gasteiger partial charge is 0.417 e. The van der Waals surface area contributed by atoms with Crippen molar-refractivity contribution < 1.29 is 36.2 Å². The third kappa shape index (κ3) is 6.12. The molecule has 1 aromatic carbocycles. The maximum absolute atomic E-state index is 13.4. The van der Waals surface area contributed by atoms with Gasteiger partial charge in [0.05, 0.1) is 12.7 Å². The van der Waals surface area contributed by atoms with E-state index in [9.17, 15) is 26.7 Å². The largest absolute Gasteiger partial charge is 0.493 e. The molecule has 1 aromatic heterocycles. The number of pyridine rings is 1. The Bertz CT molecular complexity index is 1020. The van der Waals surface area contributed by atoms with E-state index in [1.807, 2.05) is 9.80 Å². The van der Waals surface area contributed by atoms with Gasteiger partial charge in [-0.15, -0.1) is 0 Å². The van der Waals surface area contributed by atoms with E-state index in [0.29, 0.717) is 38.3 Å². The standard InChI is InChI=1S/C24H26F5N3O3/c1-34-20-12-15(2-6-19(20)35-23(25)26)14-32(18-4-5-18)22(33)16-8-10-31(11-9-16)21-7-3-17(13-30-21)24(27,28)29/h2-3,6-7,12-13,16,18,23H,4-5,8-11,14H2,1H3. The molecule has 1 aliphatic carbocycles. The van der Waals surface area contributed by atoms with Gasteiger partial charge in [-0.3, -0.25) is 4.79 Å². The average Bonchev–Trinajstić information content (AvgIpc) is 3.67. The van der Waals surface area contributed by atoms with Crippen LogP contribution in [0.4, 0.5) is 27.8 Å². The lowest BCUT2D eigenvalue weighted by atomic mass is 9.94. The average molecular weight is 499 g/mol. The van der Waals surface area contributed by atoms with Crippen LogP contribution in [-0.4, -0.2) is 48.6 Å². The van der Waals surface area contributed by atoms with Crippen LogP contribution in [0.1, 0.15) is 36.8 Å². The van der Waals surface area contributed by atoms with E-state index in [2.05, 4.69) is 9.72 Å². The number of amides is 1. The first kappa shape index (κ1) is 25.0. The van der Waals surface area contributed by atoms with Crippen molar-refractivity contribution in [1.29, 1.82) is 0 Å². The van der Waals surface area contributed by atoms with Crippen LogP contribution >= 0.6 is 0 Å². The lowest BCUT2D eigenvalue weighted by Gasteiger charge is -2.35. The highest BCUT2D eigenvalue weighted by Gasteiger charge is 2.37. The van der Waals surface area contributed by atoms with E-state index in [0.717, 1.165) is 30.7 Å². The van der Waals surface area contributed by atoms with Gasteiger partial charge in [0.2, 0.25) is 5.91 Å². The number of benzene rings is 1. The molecule has 0 atom stereocenters. The van der Waals surface area contributed by atoms with Crippen molar-refractivity contribution in [3.63, 3.8) is 0 Å². The van der Waals surface area contributed by atoms with Crippen molar-refractivity contribution in [1.82, 2.24) is 9.88 Å². The van der Waals surface area contributed by atoms with Gasteiger partial charge in [-0.2, -0.15) is 22.0 Å². The summed E-state index contributed by atoms with van der Waals surface area (Å²) >= 11 is 0. The van der Waals surface area contributed by atoms with Gasteiger partial charge in [0.25, 0.3) is 0 Å². The Morgan fingerprint density at radius 2 is 1.83 bits per heavy atom. The minimum Gasteiger partial charge on any atom is -0.493 e. The molecule has 1 saturated heterocycles. The molecule has 0 bridgehead atoms. The van der Waals surface area contributed by atoms with Crippen molar-refractivity contribution in [2.24, 2.45) is 5.92 Å². The maximum Gasteiger partial charge on any atom is 0.417 e. The molecule has 11 heteroatoms. The molecule has 2 fully saturated rings. The van der Waals surface area contributed by atoms with Crippen molar-refractivity contribution in [2.45, 2.75) is 51.1 Å². The Balaban J connectivity index is 1.38. The topological polar surface area (TPSA) is 54.9 Å². The van der Waals surface area contributed by atoms with Crippen LogP contribution in [0, 0.1) is 5.92 Å². The summed E-state index contributed by atoms with van der Waals surface area (Å²) in [6.07, 6.45) is -0.664. The predicted molar refractivity (Wildman–Crippen MR) is 117 cm³/mol. The molecule has 0 unspecified atom stereocenters. The predicted octanol–water partition coefficient (Wildman–Crippen LogP) is 5.12. The summed E-state index contributed by atoms with van der Waals surface area (Å²) in [5, 5.41) is 0. The summed E-state index contributed by atoms with van der Waals surface area (Å²) in [5.74, 6) is 0.383. The number of anilines is 1. The normalized spacial score (nSPS) is 16.9. The Labute approximate surface area is 199 Å². The first-order valence-electron chi connectivity index (χ1n) is 11.4. The molecule has 190 valence electrons. The van der Waals surface area contributed by atoms with E-state index in [1.165, 1.54) is 19.2 Å². The zero-order chi connectivity index (χ0) is 25.2. The number of aromatic nitrogens is 1. The van der Waals surface area contributed by atoms with Crippen molar-refractivity contribution in [2.75, 3.05) is 25.1 Å². The number of hydrogen-bond donors (Lipinski definition) is 0. The van der Waals surface area contributed by atoms with Crippen LogP contribution in [0.5, 0.6) is 11.5 Å². The van der Waals surface area contributed by atoms with Crippen molar-refractivity contribution >= 4 is 11.7 Å². The highest BCUT2D eigenvalue weighted by Crippen LogP contribution is 2.35. The van der Waals surface area contributed by atoms with Gasteiger partial charge in [-0.05, 0) is 55.5 Å². The highest BCUT2D eigenvalue weighted by molar-refractivity contribution is 5.80. The molecular weight excluding hydrogens is 473 g/mol. The molecule has 1 saturated carbocycles. The van der Waals surface area contributed by atoms with Gasteiger partial charge in [0.15, 0.2) is 11.5 Å².